The number of ether oxygens (including phenoxy) is 1. The zero-order valence-corrected chi connectivity index (χ0v) is 29.9. The minimum absolute atomic E-state index is 0.0535. The van der Waals surface area contributed by atoms with E-state index in [-0.39, 0.29) is 40.6 Å². The summed E-state index contributed by atoms with van der Waals surface area (Å²) in [6.07, 6.45) is -2.81. The minimum Gasteiger partial charge on any atom is -0.497 e. The van der Waals surface area contributed by atoms with Crippen molar-refractivity contribution in [1.82, 2.24) is 29.2 Å². The fourth-order valence-electron chi connectivity index (χ4n) is 6.03. The Balaban J connectivity index is 1.34. The normalized spacial score (nSPS) is 14.9. The second-order valence-corrected chi connectivity index (χ2v) is 13.3. The van der Waals surface area contributed by atoms with Crippen LogP contribution < -0.4 is 15.6 Å². The van der Waals surface area contributed by atoms with Crippen molar-refractivity contribution in [2.45, 2.75) is 58.5 Å². The van der Waals surface area contributed by atoms with Gasteiger partial charge in [0.25, 0.3) is 11.5 Å². The molecule has 0 saturated heterocycles. The Morgan fingerprint density at radius 2 is 1.82 bits per heavy atom. The van der Waals surface area contributed by atoms with E-state index in [9.17, 15) is 22.8 Å². The molecule has 264 valence electrons. The Hall–Kier alpha value is -5.24. The number of halogens is 4. The van der Waals surface area contributed by atoms with Gasteiger partial charge in [-0.05, 0) is 87.4 Å². The largest absolute Gasteiger partial charge is 0.497 e. The second kappa shape index (κ2) is 14.2. The predicted octanol–water partition coefficient (Wildman–Crippen LogP) is 7.21. The number of carbonyl (C=O) groups is 1. The van der Waals surface area contributed by atoms with E-state index in [2.05, 4.69) is 38.0 Å². The molecule has 5 aromatic rings. The van der Waals surface area contributed by atoms with Gasteiger partial charge in [0.1, 0.15) is 11.6 Å². The zero-order chi connectivity index (χ0) is 36.6. The molecule has 10 nitrogen and oxygen atoms in total. The van der Waals surface area contributed by atoms with Gasteiger partial charge in [-0.25, -0.2) is 9.55 Å². The van der Waals surface area contributed by atoms with Crippen LogP contribution in [-0.2, 0) is 25.7 Å². The Bertz CT molecular complexity index is 2160. The number of methoxy groups -OCH3 is 1. The first-order chi connectivity index (χ1) is 24.3. The first kappa shape index (κ1) is 35.6. The predicted molar refractivity (Wildman–Crippen MR) is 191 cm³/mol. The molecule has 1 N–H and O–H groups in total. The van der Waals surface area contributed by atoms with Gasteiger partial charge in [-0.15, -0.1) is 16.8 Å². The summed E-state index contributed by atoms with van der Waals surface area (Å²) < 4.78 is 49.5. The van der Waals surface area contributed by atoms with Gasteiger partial charge in [0.15, 0.2) is 5.82 Å². The Kier molecular flexibility index (Phi) is 9.89. The van der Waals surface area contributed by atoms with Gasteiger partial charge in [0.05, 0.1) is 37.1 Å². The third-order valence-corrected chi connectivity index (χ3v) is 9.61. The first-order valence-corrected chi connectivity index (χ1v) is 16.9. The van der Waals surface area contributed by atoms with Crippen molar-refractivity contribution in [3.63, 3.8) is 0 Å². The molecule has 1 amide bonds. The van der Waals surface area contributed by atoms with Crippen molar-refractivity contribution in [3.05, 3.63) is 128 Å². The highest BCUT2D eigenvalue weighted by Gasteiger charge is 2.36. The molecular formula is C37H35BrF3N7O3. The highest BCUT2D eigenvalue weighted by Crippen LogP contribution is 2.36. The summed E-state index contributed by atoms with van der Waals surface area (Å²) in [4.78, 5) is 34.1. The average molecular weight is 763 g/mol. The monoisotopic (exact) mass is 761 g/mol. The molecular weight excluding hydrogens is 727 g/mol. The fraction of sp³-hybridized carbons (Fsp3) is 0.270. The number of nitrogens with zero attached hydrogens (tertiary/aromatic N) is 6. The summed E-state index contributed by atoms with van der Waals surface area (Å²) in [5, 5.41) is 12.0. The molecule has 51 heavy (non-hydrogen) atoms. The van der Waals surface area contributed by atoms with Crippen molar-refractivity contribution < 1.29 is 22.7 Å². The van der Waals surface area contributed by atoms with Crippen LogP contribution >= 0.6 is 15.9 Å². The molecule has 2 atom stereocenters. The van der Waals surface area contributed by atoms with Crippen molar-refractivity contribution >= 4 is 27.8 Å². The molecule has 1 aliphatic rings. The van der Waals surface area contributed by atoms with Crippen LogP contribution in [0, 0.1) is 6.92 Å². The maximum absolute atomic E-state index is 14.2. The smallest absolute Gasteiger partial charge is 0.417 e. The lowest BCUT2D eigenvalue weighted by Gasteiger charge is -2.35. The molecule has 0 saturated carbocycles. The maximum Gasteiger partial charge on any atom is 0.417 e. The first-order valence-electron chi connectivity index (χ1n) is 16.1. The number of carbonyl (C=O) groups excluding carboxylic acids is 1. The molecule has 3 heterocycles. The molecule has 3 aromatic carbocycles. The molecule has 0 aliphatic carbocycles. The average Bonchev–Trinajstić information content (AvgIpc) is 3.47. The minimum atomic E-state index is -4.64. The topological polar surface area (TPSA) is 107 Å². The second-order valence-electron chi connectivity index (χ2n) is 12.4. The number of nitrogens with one attached hydrogen (secondary N) is 1. The van der Waals surface area contributed by atoms with Crippen LogP contribution in [0.3, 0.4) is 0 Å². The summed E-state index contributed by atoms with van der Waals surface area (Å²) >= 11 is 2.93. The molecule has 0 bridgehead atoms. The number of rotatable bonds is 9. The van der Waals surface area contributed by atoms with Crippen molar-refractivity contribution in [2.75, 3.05) is 12.4 Å². The number of aromatic nitrogens is 5. The quantitative estimate of drug-likeness (QED) is 0.158. The number of alkyl halides is 3. The number of amides is 1. The van der Waals surface area contributed by atoms with E-state index in [1.165, 1.54) is 21.6 Å². The molecule has 0 spiro atoms. The lowest BCUT2D eigenvalue weighted by atomic mass is 9.98. The zero-order valence-electron chi connectivity index (χ0n) is 28.3. The number of fused-ring (bicyclic) bond motifs is 1. The molecule has 0 unspecified atom stereocenters. The van der Waals surface area contributed by atoms with Crippen LogP contribution in [0.25, 0.3) is 17.1 Å². The highest BCUT2D eigenvalue weighted by molar-refractivity contribution is 9.10. The van der Waals surface area contributed by atoms with Crippen LogP contribution in [0.2, 0.25) is 0 Å². The van der Waals surface area contributed by atoms with Crippen LogP contribution in [0.15, 0.2) is 88.7 Å². The number of anilines is 1. The van der Waals surface area contributed by atoms with Crippen molar-refractivity contribution in [3.8, 4) is 22.8 Å². The van der Waals surface area contributed by atoms with E-state index >= 15 is 0 Å². The standard InChI is InChI=1S/C37H35BrF3N7O3/c1-6-21(2)42-36-43-32-20-46(34(49)26-11-16-31(38)30(18-26)37(39,40)41)22(3)17-29(32)35(50)48(36)27-12-9-25(10-13-27)33-45-44-23(4)47(33)19-24-7-14-28(51-5)15-8-24/h6-16,18,21-22H,1,17,19-20H2,2-5H3,(H,42,43)/t21-,22+/m0/s1. The number of aryl methyl sites for hydroxylation is 1. The molecule has 14 heteroatoms. The number of hydrogen-bond acceptors (Lipinski definition) is 7. The Morgan fingerprint density at radius 1 is 1.12 bits per heavy atom. The molecule has 2 aromatic heterocycles. The summed E-state index contributed by atoms with van der Waals surface area (Å²) in [7, 11) is 1.62. The lowest BCUT2D eigenvalue weighted by Crippen LogP contribution is -2.46. The van der Waals surface area contributed by atoms with E-state index in [1.807, 2.05) is 66.9 Å². The molecule has 1 aliphatic heterocycles. The fourth-order valence-corrected chi connectivity index (χ4v) is 6.50. The lowest BCUT2D eigenvalue weighted by molar-refractivity contribution is -0.138. The van der Waals surface area contributed by atoms with Crippen LogP contribution in [0.1, 0.15) is 52.4 Å². The van der Waals surface area contributed by atoms with E-state index < -0.39 is 23.7 Å². The van der Waals surface area contributed by atoms with Crippen molar-refractivity contribution in [2.24, 2.45) is 0 Å². The van der Waals surface area contributed by atoms with Crippen LogP contribution in [-0.4, -0.2) is 54.3 Å². The molecule has 0 fully saturated rings. The number of benzene rings is 3. The van der Waals surface area contributed by atoms with E-state index in [4.69, 9.17) is 9.72 Å². The summed E-state index contributed by atoms with van der Waals surface area (Å²) in [6, 6.07) is 17.8. The third-order valence-electron chi connectivity index (χ3n) is 8.92. The van der Waals surface area contributed by atoms with Crippen LogP contribution in [0.5, 0.6) is 5.75 Å². The summed E-state index contributed by atoms with van der Waals surface area (Å²) in [5.74, 6) is 1.82. The third kappa shape index (κ3) is 7.18. The SMILES string of the molecule is C=C[C@H](C)Nc1nc2c(c(=O)n1-c1ccc(-c3nnc(C)n3Cc3ccc(OC)cc3)cc1)C[C@@H](C)N(C(=O)c1ccc(Br)c(C(F)(F)F)c1)C2. The van der Waals surface area contributed by atoms with Gasteiger partial charge >= 0.3 is 6.18 Å². The Labute approximate surface area is 300 Å². The van der Waals surface area contributed by atoms with E-state index in [1.54, 1.807) is 20.1 Å². The van der Waals surface area contributed by atoms with Gasteiger partial charge in [-0.2, -0.15) is 13.2 Å². The highest BCUT2D eigenvalue weighted by atomic mass is 79.9. The Morgan fingerprint density at radius 3 is 2.47 bits per heavy atom. The van der Waals surface area contributed by atoms with Crippen LogP contribution in [0.4, 0.5) is 19.1 Å². The summed E-state index contributed by atoms with van der Waals surface area (Å²) in [6.45, 7) is 9.84. The van der Waals surface area contributed by atoms with Gasteiger partial charge in [-0.1, -0.05) is 34.1 Å². The van der Waals surface area contributed by atoms with Gasteiger partial charge in [0.2, 0.25) is 5.95 Å². The number of hydrogen-bond donors (Lipinski definition) is 1. The van der Waals surface area contributed by atoms with E-state index in [0.29, 0.717) is 29.3 Å². The maximum atomic E-state index is 14.2. The van der Waals surface area contributed by atoms with Gasteiger partial charge in [-0.3, -0.25) is 9.59 Å². The van der Waals surface area contributed by atoms with Gasteiger partial charge in [0, 0.05) is 33.2 Å². The van der Waals surface area contributed by atoms with Gasteiger partial charge < -0.3 is 19.5 Å². The van der Waals surface area contributed by atoms with Crippen molar-refractivity contribution in [1.29, 1.82) is 0 Å². The molecule has 6 rings (SSSR count). The molecule has 0 radical (unpaired) electrons. The van der Waals surface area contributed by atoms with E-state index in [0.717, 1.165) is 28.8 Å². The summed E-state index contributed by atoms with van der Waals surface area (Å²) in [5.41, 5.74) is 1.83.